The Morgan fingerprint density at radius 3 is 2.42 bits per heavy atom. The van der Waals surface area contributed by atoms with Gasteiger partial charge in [-0.1, -0.05) is 30.3 Å². The summed E-state index contributed by atoms with van der Waals surface area (Å²) in [4.78, 5) is 13.7. The Morgan fingerprint density at radius 1 is 1.15 bits per heavy atom. The van der Waals surface area contributed by atoms with E-state index in [0.717, 1.165) is 11.6 Å². The second-order valence-electron chi connectivity index (χ2n) is 5.96. The van der Waals surface area contributed by atoms with Crippen LogP contribution in [0.2, 0.25) is 0 Å². The molecule has 2 aromatic rings. The fourth-order valence-corrected chi connectivity index (χ4v) is 2.48. The maximum atomic E-state index is 12.9. The van der Waals surface area contributed by atoms with Gasteiger partial charge in [0.15, 0.2) is 0 Å². The number of hydrogen-bond donors (Lipinski definition) is 1. The first-order valence-electron chi connectivity index (χ1n) is 7.98. The molecule has 0 saturated carbocycles. The molecule has 140 valence electrons. The van der Waals surface area contributed by atoms with Gasteiger partial charge in [-0.15, -0.1) is 0 Å². The maximum Gasteiger partial charge on any atom is 0.419 e. The first-order valence-corrected chi connectivity index (χ1v) is 7.98. The minimum Gasteiger partial charge on any atom is -0.490 e. The first kappa shape index (κ1) is 19.8. The number of aliphatic hydroxyl groups excluding tert-OH is 1. The van der Waals surface area contributed by atoms with Gasteiger partial charge < -0.3 is 14.7 Å². The average molecular weight is 367 g/mol. The standard InChI is InChI=1S/C19H20F3NO3/c1-13-7-3-4-8-15(13)18(25)23(2)11-14(24)12-26-17-10-6-5-9-16(17)19(20,21)22/h3-10,14,24H,11-12H2,1-2H3/t14-/m0/s1. The molecule has 0 saturated heterocycles. The number of para-hydroxylation sites is 1. The van der Waals surface area contributed by atoms with Gasteiger partial charge in [-0.3, -0.25) is 4.79 Å². The highest BCUT2D eigenvalue weighted by atomic mass is 19.4. The van der Waals surface area contributed by atoms with E-state index in [-0.39, 0.29) is 24.8 Å². The third-order valence-corrected chi connectivity index (χ3v) is 3.83. The van der Waals surface area contributed by atoms with Crippen LogP contribution in [0.3, 0.4) is 0 Å². The number of carbonyl (C=O) groups is 1. The average Bonchev–Trinajstić information content (AvgIpc) is 2.59. The number of aryl methyl sites for hydroxylation is 1. The Morgan fingerprint density at radius 2 is 1.77 bits per heavy atom. The number of nitrogens with zero attached hydrogens (tertiary/aromatic N) is 1. The molecule has 0 spiro atoms. The summed E-state index contributed by atoms with van der Waals surface area (Å²) in [5.74, 6) is -0.634. The number of ether oxygens (including phenoxy) is 1. The van der Waals surface area contributed by atoms with Gasteiger partial charge in [-0.25, -0.2) is 0 Å². The Balaban J connectivity index is 1.96. The van der Waals surface area contributed by atoms with Gasteiger partial charge in [0.25, 0.3) is 5.91 Å². The predicted molar refractivity (Wildman–Crippen MR) is 91.1 cm³/mol. The van der Waals surface area contributed by atoms with E-state index in [1.54, 1.807) is 25.1 Å². The molecule has 0 aliphatic carbocycles. The Hall–Kier alpha value is -2.54. The van der Waals surface area contributed by atoms with Crippen molar-refractivity contribution in [2.75, 3.05) is 20.2 Å². The molecule has 2 rings (SSSR count). The van der Waals surface area contributed by atoms with Crippen LogP contribution in [0.1, 0.15) is 21.5 Å². The van der Waals surface area contributed by atoms with Gasteiger partial charge in [-0.2, -0.15) is 13.2 Å². The zero-order valence-electron chi connectivity index (χ0n) is 14.5. The van der Waals surface area contributed by atoms with Crippen LogP contribution in [-0.2, 0) is 6.18 Å². The third-order valence-electron chi connectivity index (χ3n) is 3.83. The van der Waals surface area contributed by atoms with Crippen LogP contribution >= 0.6 is 0 Å². The number of likely N-dealkylation sites (N-methyl/N-ethyl adjacent to an activating group) is 1. The topological polar surface area (TPSA) is 49.8 Å². The fraction of sp³-hybridized carbons (Fsp3) is 0.316. The molecule has 2 aromatic carbocycles. The van der Waals surface area contributed by atoms with E-state index in [9.17, 15) is 23.1 Å². The summed E-state index contributed by atoms with van der Waals surface area (Å²) < 4.78 is 43.9. The van der Waals surface area contributed by atoms with Crippen LogP contribution < -0.4 is 4.74 Å². The number of aliphatic hydroxyl groups is 1. The number of rotatable bonds is 6. The molecule has 26 heavy (non-hydrogen) atoms. The molecular weight excluding hydrogens is 347 g/mol. The lowest BCUT2D eigenvalue weighted by atomic mass is 10.1. The summed E-state index contributed by atoms with van der Waals surface area (Å²) in [5.41, 5.74) is 0.399. The Labute approximate surface area is 149 Å². The van der Waals surface area contributed by atoms with Crippen molar-refractivity contribution in [3.8, 4) is 5.75 Å². The van der Waals surface area contributed by atoms with Crippen LogP contribution in [-0.4, -0.2) is 42.2 Å². The molecule has 0 heterocycles. The van der Waals surface area contributed by atoms with Crippen molar-refractivity contribution in [2.45, 2.75) is 19.2 Å². The quantitative estimate of drug-likeness (QED) is 0.850. The van der Waals surface area contributed by atoms with E-state index in [1.807, 2.05) is 6.07 Å². The highest BCUT2D eigenvalue weighted by Gasteiger charge is 2.34. The molecule has 1 amide bonds. The lowest BCUT2D eigenvalue weighted by molar-refractivity contribution is -0.139. The number of carbonyl (C=O) groups excluding carboxylic acids is 1. The van der Waals surface area contributed by atoms with E-state index in [1.165, 1.54) is 30.1 Å². The summed E-state index contributed by atoms with van der Waals surface area (Å²) in [7, 11) is 1.52. The third kappa shape index (κ3) is 4.98. The molecule has 1 atom stereocenters. The molecule has 0 unspecified atom stereocenters. The smallest absolute Gasteiger partial charge is 0.419 e. The molecular formula is C19H20F3NO3. The van der Waals surface area contributed by atoms with Crippen molar-refractivity contribution < 1.29 is 27.8 Å². The predicted octanol–water partition coefficient (Wildman–Crippen LogP) is 3.53. The van der Waals surface area contributed by atoms with Crippen molar-refractivity contribution in [3.05, 3.63) is 65.2 Å². The van der Waals surface area contributed by atoms with Crippen LogP contribution in [0, 0.1) is 6.92 Å². The summed E-state index contributed by atoms with van der Waals surface area (Å²) in [6, 6.07) is 11.8. The van der Waals surface area contributed by atoms with Gasteiger partial charge in [0.1, 0.15) is 18.5 Å². The maximum absolute atomic E-state index is 12.9. The van der Waals surface area contributed by atoms with Crippen LogP contribution in [0.15, 0.2) is 48.5 Å². The van der Waals surface area contributed by atoms with Crippen LogP contribution in [0.25, 0.3) is 0 Å². The largest absolute Gasteiger partial charge is 0.490 e. The van der Waals surface area contributed by atoms with Gasteiger partial charge in [0.05, 0.1) is 5.56 Å². The molecule has 0 radical (unpaired) electrons. The zero-order chi connectivity index (χ0) is 19.3. The second-order valence-corrected chi connectivity index (χ2v) is 5.96. The molecule has 0 aromatic heterocycles. The minimum atomic E-state index is -4.54. The van der Waals surface area contributed by atoms with Crippen molar-refractivity contribution in [1.29, 1.82) is 0 Å². The summed E-state index contributed by atoms with van der Waals surface area (Å²) in [6.07, 6.45) is -5.67. The van der Waals surface area contributed by atoms with E-state index in [4.69, 9.17) is 4.74 Å². The van der Waals surface area contributed by atoms with Gasteiger partial charge in [-0.05, 0) is 30.7 Å². The number of amides is 1. The van der Waals surface area contributed by atoms with Crippen molar-refractivity contribution >= 4 is 5.91 Å². The Kier molecular flexibility index (Phi) is 6.26. The fourth-order valence-electron chi connectivity index (χ4n) is 2.48. The number of alkyl halides is 3. The molecule has 4 nitrogen and oxygen atoms in total. The van der Waals surface area contributed by atoms with Crippen molar-refractivity contribution in [3.63, 3.8) is 0 Å². The molecule has 0 aliphatic rings. The van der Waals surface area contributed by atoms with E-state index in [2.05, 4.69) is 0 Å². The second kappa shape index (κ2) is 8.23. The summed E-state index contributed by atoms with van der Waals surface area (Å²) in [6.45, 7) is 1.37. The highest BCUT2D eigenvalue weighted by molar-refractivity contribution is 5.95. The number of hydrogen-bond acceptors (Lipinski definition) is 3. The number of benzene rings is 2. The first-order chi connectivity index (χ1) is 12.2. The van der Waals surface area contributed by atoms with Gasteiger partial charge in [0.2, 0.25) is 0 Å². The monoisotopic (exact) mass is 367 g/mol. The molecule has 0 fully saturated rings. The SMILES string of the molecule is Cc1ccccc1C(=O)N(C)C[C@H](O)COc1ccccc1C(F)(F)F. The molecule has 7 heteroatoms. The molecule has 0 bridgehead atoms. The molecule has 1 N–H and O–H groups in total. The number of halogens is 3. The minimum absolute atomic E-state index is 0.0681. The van der Waals surface area contributed by atoms with Crippen molar-refractivity contribution in [2.24, 2.45) is 0 Å². The Bertz CT molecular complexity index is 762. The van der Waals surface area contributed by atoms with Gasteiger partial charge in [0, 0.05) is 19.2 Å². The lowest BCUT2D eigenvalue weighted by Gasteiger charge is -2.22. The van der Waals surface area contributed by atoms with Crippen LogP contribution in [0.4, 0.5) is 13.2 Å². The van der Waals surface area contributed by atoms with E-state index in [0.29, 0.717) is 5.56 Å². The van der Waals surface area contributed by atoms with Crippen LogP contribution in [0.5, 0.6) is 5.75 Å². The lowest BCUT2D eigenvalue weighted by Crippen LogP contribution is -2.37. The van der Waals surface area contributed by atoms with Crippen molar-refractivity contribution in [1.82, 2.24) is 4.90 Å². The molecule has 0 aliphatic heterocycles. The van der Waals surface area contributed by atoms with E-state index >= 15 is 0 Å². The normalized spacial score (nSPS) is 12.5. The highest BCUT2D eigenvalue weighted by Crippen LogP contribution is 2.35. The zero-order valence-corrected chi connectivity index (χ0v) is 14.5. The summed E-state index contributed by atoms with van der Waals surface area (Å²) in [5, 5.41) is 10.0. The summed E-state index contributed by atoms with van der Waals surface area (Å²) >= 11 is 0. The van der Waals surface area contributed by atoms with E-state index < -0.39 is 17.8 Å². The van der Waals surface area contributed by atoms with Gasteiger partial charge >= 0.3 is 6.18 Å².